The molecule has 0 fully saturated rings. The molecule has 3 aromatic heterocycles. The van der Waals surface area contributed by atoms with Gasteiger partial charge in [-0.15, -0.1) is 0 Å². The summed E-state index contributed by atoms with van der Waals surface area (Å²) in [5.41, 5.74) is 12.0. The SMILES string of the molecule is Cc1c(C#N)cccc1-c1nc(N)c(CCNc2ccn(C)n2)nc1-c1cc(Cl)c2ncccc2c1. The van der Waals surface area contributed by atoms with Crippen LogP contribution in [0.25, 0.3) is 33.4 Å². The molecule has 9 heteroatoms. The third-order valence-electron chi connectivity index (χ3n) is 6.02. The fraction of sp³-hybridized carbons (Fsp3) is 0.148. The number of nitrogens with zero attached hydrogens (tertiary/aromatic N) is 6. The molecule has 8 nitrogen and oxygen atoms in total. The summed E-state index contributed by atoms with van der Waals surface area (Å²) in [5.74, 6) is 1.12. The first-order valence-electron chi connectivity index (χ1n) is 11.4. The van der Waals surface area contributed by atoms with E-state index >= 15 is 0 Å². The molecule has 2 aromatic carbocycles. The molecule has 3 N–H and O–H groups in total. The van der Waals surface area contributed by atoms with Crippen molar-refractivity contribution >= 4 is 34.1 Å². The second kappa shape index (κ2) is 9.64. The van der Waals surface area contributed by atoms with Crippen molar-refractivity contribution in [2.75, 3.05) is 17.6 Å². The van der Waals surface area contributed by atoms with E-state index in [0.29, 0.717) is 46.5 Å². The third kappa shape index (κ3) is 4.44. The monoisotopic (exact) mass is 494 g/mol. The Kier molecular flexibility index (Phi) is 6.23. The second-order valence-electron chi connectivity index (χ2n) is 8.43. The van der Waals surface area contributed by atoms with Gasteiger partial charge >= 0.3 is 0 Å². The maximum absolute atomic E-state index is 9.57. The van der Waals surface area contributed by atoms with Gasteiger partial charge in [0, 0.05) is 55.0 Å². The molecule has 5 rings (SSSR count). The van der Waals surface area contributed by atoms with Crippen molar-refractivity contribution in [2.24, 2.45) is 7.05 Å². The van der Waals surface area contributed by atoms with Crippen LogP contribution in [0.15, 0.2) is 60.9 Å². The number of hydrogen-bond acceptors (Lipinski definition) is 7. The summed E-state index contributed by atoms with van der Waals surface area (Å²) in [7, 11) is 1.87. The highest BCUT2D eigenvalue weighted by molar-refractivity contribution is 6.35. The molecule has 0 aliphatic carbocycles. The van der Waals surface area contributed by atoms with Crippen LogP contribution < -0.4 is 11.1 Å². The number of nitrogen functional groups attached to an aromatic ring is 1. The van der Waals surface area contributed by atoms with Crippen molar-refractivity contribution in [3.8, 4) is 28.6 Å². The van der Waals surface area contributed by atoms with E-state index in [1.165, 1.54) is 0 Å². The lowest BCUT2D eigenvalue weighted by molar-refractivity contribution is 0.767. The first-order chi connectivity index (χ1) is 17.4. The predicted molar refractivity (Wildman–Crippen MR) is 142 cm³/mol. The van der Waals surface area contributed by atoms with E-state index in [0.717, 1.165) is 33.4 Å². The van der Waals surface area contributed by atoms with Gasteiger partial charge in [-0.3, -0.25) is 9.67 Å². The number of aromatic nitrogens is 5. The number of fused-ring (bicyclic) bond motifs is 1. The standard InChI is InChI=1S/C27H23ClN8/c1-16-18(15-29)5-3-7-20(16)26-25(19-13-17-6-4-10-32-24(17)21(28)14-19)33-22(27(30)34-26)8-11-31-23-9-12-36(2)35-23/h3-7,9-10,12-14H,8,11H2,1-2H3,(H2,30,34)(H,31,35). The number of hydrogen-bond donors (Lipinski definition) is 2. The minimum absolute atomic E-state index is 0.340. The van der Waals surface area contributed by atoms with Gasteiger partial charge in [0.05, 0.1) is 39.3 Å². The van der Waals surface area contributed by atoms with Gasteiger partial charge in [0.15, 0.2) is 0 Å². The maximum Gasteiger partial charge on any atom is 0.147 e. The molecule has 0 bridgehead atoms. The third-order valence-corrected chi connectivity index (χ3v) is 6.31. The molecule has 178 valence electrons. The van der Waals surface area contributed by atoms with Gasteiger partial charge in [-0.05, 0) is 36.8 Å². The molecule has 0 unspecified atom stereocenters. The zero-order valence-electron chi connectivity index (χ0n) is 19.8. The number of anilines is 2. The summed E-state index contributed by atoms with van der Waals surface area (Å²) in [6, 6.07) is 17.4. The normalized spacial score (nSPS) is 10.9. The molecule has 0 atom stereocenters. The van der Waals surface area contributed by atoms with Crippen molar-refractivity contribution in [3.05, 3.63) is 82.8 Å². The van der Waals surface area contributed by atoms with Crippen LogP contribution >= 0.6 is 11.6 Å². The van der Waals surface area contributed by atoms with Crippen molar-refractivity contribution < 1.29 is 0 Å². The van der Waals surface area contributed by atoms with Crippen LogP contribution in [-0.2, 0) is 13.5 Å². The molecule has 0 aliphatic heterocycles. The quantitative estimate of drug-likeness (QED) is 0.334. The lowest BCUT2D eigenvalue weighted by Crippen LogP contribution is -2.12. The number of aryl methyl sites for hydroxylation is 1. The highest BCUT2D eigenvalue weighted by Gasteiger charge is 2.19. The summed E-state index contributed by atoms with van der Waals surface area (Å²) in [6.45, 7) is 2.48. The Hall–Kier alpha value is -4.48. The molecule has 0 amide bonds. The maximum atomic E-state index is 9.57. The molecule has 36 heavy (non-hydrogen) atoms. The lowest BCUT2D eigenvalue weighted by atomic mass is 9.96. The van der Waals surface area contributed by atoms with Gasteiger partial charge in [0.25, 0.3) is 0 Å². The summed E-state index contributed by atoms with van der Waals surface area (Å²) in [4.78, 5) is 14.2. The smallest absolute Gasteiger partial charge is 0.147 e. The van der Waals surface area contributed by atoms with E-state index in [4.69, 9.17) is 27.3 Å². The van der Waals surface area contributed by atoms with E-state index in [1.54, 1.807) is 16.9 Å². The van der Waals surface area contributed by atoms with Gasteiger partial charge in [-0.1, -0.05) is 29.8 Å². The Balaban J connectivity index is 1.63. The Bertz CT molecular complexity index is 1630. The number of nitrogens with one attached hydrogen (secondary N) is 1. The van der Waals surface area contributed by atoms with Crippen LogP contribution in [0.4, 0.5) is 11.6 Å². The minimum Gasteiger partial charge on any atom is -0.382 e. The van der Waals surface area contributed by atoms with Crippen molar-refractivity contribution in [1.82, 2.24) is 24.7 Å². The first-order valence-corrected chi connectivity index (χ1v) is 11.8. The fourth-order valence-corrected chi connectivity index (χ4v) is 4.45. The van der Waals surface area contributed by atoms with Crippen LogP contribution in [0.2, 0.25) is 5.02 Å². The summed E-state index contributed by atoms with van der Waals surface area (Å²) in [5, 5.41) is 18.6. The highest BCUT2D eigenvalue weighted by atomic mass is 35.5. The Labute approximate surface area is 213 Å². The average molecular weight is 495 g/mol. The summed E-state index contributed by atoms with van der Waals surface area (Å²) in [6.07, 6.45) is 4.13. The lowest BCUT2D eigenvalue weighted by Gasteiger charge is -2.16. The predicted octanol–water partition coefficient (Wildman–Crippen LogP) is 5.16. The van der Waals surface area contributed by atoms with E-state index in [1.807, 2.05) is 62.6 Å². The number of rotatable bonds is 6. The molecule has 0 radical (unpaired) electrons. The number of halogens is 1. The van der Waals surface area contributed by atoms with Crippen molar-refractivity contribution in [1.29, 1.82) is 5.26 Å². The molecule has 3 heterocycles. The molecule has 0 aliphatic rings. The summed E-state index contributed by atoms with van der Waals surface area (Å²) >= 11 is 6.62. The van der Waals surface area contributed by atoms with Gasteiger partial charge < -0.3 is 11.1 Å². The molecular weight excluding hydrogens is 472 g/mol. The molecule has 0 spiro atoms. The molecule has 0 saturated carbocycles. The largest absolute Gasteiger partial charge is 0.382 e. The molecule has 0 saturated heterocycles. The number of pyridine rings is 1. The van der Waals surface area contributed by atoms with Gasteiger partial charge in [-0.2, -0.15) is 10.4 Å². The Morgan fingerprint density at radius 2 is 1.97 bits per heavy atom. The van der Waals surface area contributed by atoms with E-state index in [-0.39, 0.29) is 0 Å². The zero-order valence-corrected chi connectivity index (χ0v) is 20.6. The average Bonchev–Trinajstić information content (AvgIpc) is 3.30. The van der Waals surface area contributed by atoms with E-state index < -0.39 is 0 Å². The van der Waals surface area contributed by atoms with Crippen LogP contribution in [0.1, 0.15) is 16.8 Å². The second-order valence-corrected chi connectivity index (χ2v) is 8.83. The van der Waals surface area contributed by atoms with Crippen molar-refractivity contribution in [2.45, 2.75) is 13.3 Å². The van der Waals surface area contributed by atoms with Crippen LogP contribution in [0.5, 0.6) is 0 Å². The molecular formula is C27H23ClN8. The highest BCUT2D eigenvalue weighted by Crippen LogP contribution is 2.36. The van der Waals surface area contributed by atoms with Crippen LogP contribution in [-0.4, -0.2) is 31.3 Å². The topological polar surface area (TPSA) is 118 Å². The van der Waals surface area contributed by atoms with Crippen LogP contribution in [0.3, 0.4) is 0 Å². The Morgan fingerprint density at radius 1 is 1.11 bits per heavy atom. The number of nitrogens with two attached hydrogens (primary N) is 1. The van der Waals surface area contributed by atoms with Crippen molar-refractivity contribution in [3.63, 3.8) is 0 Å². The first kappa shape index (κ1) is 23.3. The van der Waals surface area contributed by atoms with E-state index in [9.17, 15) is 5.26 Å². The Morgan fingerprint density at radius 3 is 2.75 bits per heavy atom. The van der Waals surface area contributed by atoms with Gasteiger partial charge in [0.1, 0.15) is 11.6 Å². The summed E-state index contributed by atoms with van der Waals surface area (Å²) < 4.78 is 1.74. The van der Waals surface area contributed by atoms with E-state index in [2.05, 4.69) is 21.5 Å². The minimum atomic E-state index is 0.340. The fourth-order valence-electron chi connectivity index (χ4n) is 4.17. The van der Waals surface area contributed by atoms with Crippen LogP contribution in [0, 0.1) is 18.3 Å². The number of nitriles is 1. The van der Waals surface area contributed by atoms with Gasteiger partial charge in [-0.25, -0.2) is 9.97 Å². The number of benzene rings is 2. The molecule has 5 aromatic rings. The zero-order chi connectivity index (χ0) is 25.2. The van der Waals surface area contributed by atoms with Gasteiger partial charge in [0.2, 0.25) is 0 Å².